The quantitative estimate of drug-likeness (QED) is 0.470. The first-order valence-corrected chi connectivity index (χ1v) is 8.23. The van der Waals surface area contributed by atoms with E-state index in [1.165, 1.54) is 0 Å². The van der Waals surface area contributed by atoms with E-state index in [1.807, 2.05) is 37.3 Å². The predicted octanol–water partition coefficient (Wildman–Crippen LogP) is 4.04. The van der Waals surface area contributed by atoms with Gasteiger partial charge < -0.3 is 0 Å². The van der Waals surface area contributed by atoms with Crippen LogP contribution in [-0.4, -0.2) is 21.0 Å². The molecule has 0 saturated carbocycles. The van der Waals surface area contributed by atoms with Crippen molar-refractivity contribution in [3.05, 3.63) is 76.2 Å². The van der Waals surface area contributed by atoms with E-state index in [0.717, 1.165) is 27.8 Å². The number of amides is 2. The molecule has 1 heterocycles. The number of hydrogen-bond donors (Lipinski definition) is 0. The molecule has 0 radical (unpaired) electrons. The van der Waals surface area contributed by atoms with Crippen LogP contribution >= 0.6 is 24.0 Å². The van der Waals surface area contributed by atoms with Gasteiger partial charge in [0.05, 0.1) is 4.91 Å². The predicted molar refractivity (Wildman–Crippen MR) is 97.0 cm³/mol. The summed E-state index contributed by atoms with van der Waals surface area (Å²) in [6.07, 6.45) is 1.76. The Balaban J connectivity index is 1.88. The lowest BCUT2D eigenvalue weighted by molar-refractivity contribution is -0.120. The first-order chi connectivity index (χ1) is 11.1. The molecule has 0 atom stereocenters. The van der Waals surface area contributed by atoms with E-state index in [9.17, 15) is 9.59 Å². The molecule has 1 aliphatic heterocycles. The summed E-state index contributed by atoms with van der Waals surface area (Å²) >= 11 is 6.37. The van der Waals surface area contributed by atoms with Crippen LogP contribution in [0.2, 0.25) is 0 Å². The zero-order valence-electron chi connectivity index (χ0n) is 12.4. The summed E-state index contributed by atoms with van der Waals surface area (Å²) in [6, 6.07) is 16.5. The van der Waals surface area contributed by atoms with Crippen LogP contribution in [0.1, 0.15) is 21.5 Å². The highest BCUT2D eigenvalue weighted by Gasteiger charge is 2.37. The molecule has 0 bridgehead atoms. The maximum absolute atomic E-state index is 12.5. The summed E-state index contributed by atoms with van der Waals surface area (Å²) < 4.78 is 0.266. The molecule has 114 valence electrons. The highest BCUT2D eigenvalue weighted by molar-refractivity contribution is 8.26. The van der Waals surface area contributed by atoms with E-state index >= 15 is 0 Å². The van der Waals surface area contributed by atoms with Gasteiger partial charge in [-0.1, -0.05) is 72.0 Å². The third kappa shape index (κ3) is 3.25. The number of aryl methyl sites for hydroxylation is 1. The number of benzene rings is 2. The lowest BCUT2D eigenvalue weighted by atomic mass is 10.1. The molecule has 0 aliphatic carbocycles. The topological polar surface area (TPSA) is 37.4 Å². The largest absolute Gasteiger partial charge is 0.273 e. The minimum Gasteiger partial charge on any atom is -0.268 e. The number of imide groups is 1. The van der Waals surface area contributed by atoms with Gasteiger partial charge in [-0.05, 0) is 30.7 Å². The van der Waals surface area contributed by atoms with Crippen LogP contribution < -0.4 is 0 Å². The number of carbonyl (C=O) groups is 2. The van der Waals surface area contributed by atoms with Crippen molar-refractivity contribution in [2.24, 2.45) is 0 Å². The summed E-state index contributed by atoms with van der Waals surface area (Å²) in [5.74, 6) is -0.755. The minimum atomic E-state index is -0.389. The maximum atomic E-state index is 12.5. The molecule has 1 aliphatic rings. The minimum absolute atomic E-state index is 0.266. The Morgan fingerprint density at radius 3 is 2.39 bits per heavy atom. The molecule has 3 rings (SSSR count). The standard InChI is InChI=1S/C18H13NO2S2/c1-12-7-9-13(10-8-12)11-15-17(21)19(18(22)23-15)16(20)14-5-3-2-4-6-14/h2-11H,1H3/b15-11+. The molecule has 0 unspecified atom stereocenters. The first-order valence-electron chi connectivity index (χ1n) is 7.00. The van der Waals surface area contributed by atoms with Crippen LogP contribution in [0.5, 0.6) is 0 Å². The van der Waals surface area contributed by atoms with Gasteiger partial charge in [-0.2, -0.15) is 0 Å². The van der Waals surface area contributed by atoms with Crippen molar-refractivity contribution < 1.29 is 9.59 Å². The second kappa shape index (κ2) is 6.48. The van der Waals surface area contributed by atoms with Gasteiger partial charge in [-0.3, -0.25) is 9.59 Å². The Morgan fingerprint density at radius 2 is 1.74 bits per heavy atom. The lowest BCUT2D eigenvalue weighted by Crippen LogP contribution is -2.34. The average Bonchev–Trinajstić information content (AvgIpc) is 2.84. The van der Waals surface area contributed by atoms with Gasteiger partial charge in [0.2, 0.25) is 0 Å². The second-order valence-corrected chi connectivity index (χ2v) is 6.77. The average molecular weight is 339 g/mol. The third-order valence-electron chi connectivity index (χ3n) is 3.39. The van der Waals surface area contributed by atoms with E-state index in [1.54, 1.807) is 30.3 Å². The zero-order valence-corrected chi connectivity index (χ0v) is 14.0. The van der Waals surface area contributed by atoms with Crippen LogP contribution in [0.3, 0.4) is 0 Å². The number of carbonyl (C=O) groups excluding carboxylic acids is 2. The number of thioether (sulfide) groups is 1. The Labute approximate surface area is 144 Å². The van der Waals surface area contributed by atoms with Crippen LogP contribution in [-0.2, 0) is 4.79 Å². The molecule has 2 aromatic carbocycles. The van der Waals surface area contributed by atoms with E-state index in [4.69, 9.17) is 12.2 Å². The summed E-state index contributed by atoms with van der Waals surface area (Å²) in [4.78, 5) is 26.5. The van der Waals surface area contributed by atoms with Crippen LogP contribution in [0.15, 0.2) is 59.5 Å². The van der Waals surface area contributed by atoms with Crippen LogP contribution in [0, 0.1) is 6.92 Å². The molecule has 0 aromatic heterocycles. The number of rotatable bonds is 2. The molecular formula is C18H13NO2S2. The van der Waals surface area contributed by atoms with Crippen molar-refractivity contribution in [1.29, 1.82) is 0 Å². The Hall–Kier alpha value is -2.24. The summed E-state index contributed by atoms with van der Waals surface area (Å²) in [6.45, 7) is 2.00. The Kier molecular flexibility index (Phi) is 4.41. The normalized spacial score (nSPS) is 16.2. The summed E-state index contributed by atoms with van der Waals surface area (Å²) in [5.41, 5.74) is 2.50. The molecule has 2 amide bonds. The number of hydrogen-bond acceptors (Lipinski definition) is 4. The zero-order chi connectivity index (χ0) is 16.4. The number of nitrogens with zero attached hydrogens (tertiary/aromatic N) is 1. The highest BCUT2D eigenvalue weighted by Crippen LogP contribution is 2.33. The fourth-order valence-electron chi connectivity index (χ4n) is 2.17. The second-order valence-electron chi connectivity index (χ2n) is 5.10. The van der Waals surface area contributed by atoms with Crippen molar-refractivity contribution in [3.8, 4) is 0 Å². The van der Waals surface area contributed by atoms with Crippen molar-refractivity contribution in [1.82, 2.24) is 4.90 Å². The van der Waals surface area contributed by atoms with Gasteiger partial charge in [0.25, 0.3) is 11.8 Å². The van der Waals surface area contributed by atoms with E-state index in [-0.39, 0.29) is 16.1 Å². The van der Waals surface area contributed by atoms with Gasteiger partial charge in [0.15, 0.2) is 4.32 Å². The van der Waals surface area contributed by atoms with Gasteiger partial charge in [-0.25, -0.2) is 4.90 Å². The molecule has 1 fully saturated rings. The number of thiocarbonyl (C=S) groups is 1. The Morgan fingerprint density at radius 1 is 1.09 bits per heavy atom. The van der Waals surface area contributed by atoms with Gasteiger partial charge in [0.1, 0.15) is 0 Å². The SMILES string of the molecule is Cc1ccc(/C=C2/SC(=S)N(C(=O)c3ccccc3)C2=O)cc1. The van der Waals surface area contributed by atoms with Crippen molar-refractivity contribution in [3.63, 3.8) is 0 Å². The monoisotopic (exact) mass is 339 g/mol. The molecule has 3 nitrogen and oxygen atoms in total. The van der Waals surface area contributed by atoms with Gasteiger partial charge >= 0.3 is 0 Å². The fourth-order valence-corrected chi connectivity index (χ4v) is 3.42. The van der Waals surface area contributed by atoms with Crippen molar-refractivity contribution in [2.45, 2.75) is 6.92 Å². The lowest BCUT2D eigenvalue weighted by Gasteiger charge is -2.12. The first kappa shape index (κ1) is 15.6. The molecule has 2 aromatic rings. The summed E-state index contributed by atoms with van der Waals surface area (Å²) in [7, 11) is 0. The summed E-state index contributed by atoms with van der Waals surface area (Å²) in [5, 5.41) is 0. The van der Waals surface area contributed by atoms with Crippen molar-refractivity contribution >= 4 is 46.2 Å². The smallest absolute Gasteiger partial charge is 0.268 e. The van der Waals surface area contributed by atoms with E-state index < -0.39 is 0 Å². The Bertz CT molecular complexity index is 811. The highest BCUT2D eigenvalue weighted by atomic mass is 32.2. The van der Waals surface area contributed by atoms with E-state index in [0.29, 0.717) is 10.5 Å². The molecular weight excluding hydrogens is 326 g/mol. The molecule has 1 saturated heterocycles. The third-order valence-corrected chi connectivity index (χ3v) is 4.69. The van der Waals surface area contributed by atoms with Gasteiger partial charge in [0, 0.05) is 5.56 Å². The van der Waals surface area contributed by atoms with Gasteiger partial charge in [-0.15, -0.1) is 0 Å². The molecule has 0 spiro atoms. The van der Waals surface area contributed by atoms with E-state index in [2.05, 4.69) is 0 Å². The molecule has 0 N–H and O–H groups in total. The van der Waals surface area contributed by atoms with Crippen molar-refractivity contribution in [2.75, 3.05) is 0 Å². The van der Waals surface area contributed by atoms with Crippen LogP contribution in [0.25, 0.3) is 6.08 Å². The fraction of sp³-hybridized carbons (Fsp3) is 0.0556. The maximum Gasteiger partial charge on any atom is 0.273 e. The van der Waals surface area contributed by atoms with Crippen LogP contribution in [0.4, 0.5) is 0 Å². The molecule has 5 heteroatoms. The molecule has 23 heavy (non-hydrogen) atoms.